The Hall–Kier alpha value is -1.62. The Bertz CT molecular complexity index is 545. The number of likely N-dealkylation sites (tertiary alicyclic amines) is 1. The number of carbonyl (C=O) groups excluding carboxylic acids is 2. The minimum absolute atomic E-state index is 0.125. The molecule has 1 aliphatic heterocycles. The predicted molar refractivity (Wildman–Crippen MR) is 76.5 cm³/mol. The molecule has 1 unspecified atom stereocenters. The third-order valence-electron chi connectivity index (χ3n) is 3.53. The lowest BCUT2D eigenvalue weighted by molar-refractivity contribution is -0.121. The number of amides is 2. The van der Waals surface area contributed by atoms with Gasteiger partial charge in [0.2, 0.25) is 5.91 Å². The average Bonchev–Trinajstić information content (AvgIpc) is 2.86. The molecule has 0 spiro atoms. The Morgan fingerprint density at radius 1 is 1.45 bits per heavy atom. The third kappa shape index (κ3) is 3.10. The number of primary amides is 1. The zero-order valence-corrected chi connectivity index (χ0v) is 12.4. The van der Waals surface area contributed by atoms with Gasteiger partial charge in [-0.25, -0.2) is 4.98 Å². The van der Waals surface area contributed by atoms with E-state index in [0.717, 1.165) is 5.69 Å². The quantitative estimate of drug-likeness (QED) is 0.864. The van der Waals surface area contributed by atoms with Crippen LogP contribution in [-0.4, -0.2) is 34.8 Å². The highest BCUT2D eigenvalue weighted by Crippen LogP contribution is 2.22. The van der Waals surface area contributed by atoms with E-state index in [-0.39, 0.29) is 23.7 Å². The molecular weight excluding hydrogens is 278 g/mol. The van der Waals surface area contributed by atoms with E-state index in [9.17, 15) is 9.59 Å². The van der Waals surface area contributed by atoms with Crippen molar-refractivity contribution in [3.8, 4) is 0 Å². The van der Waals surface area contributed by atoms with Crippen molar-refractivity contribution in [2.24, 2.45) is 11.7 Å². The molecule has 1 aromatic rings. The number of halogens is 1. The van der Waals surface area contributed by atoms with Gasteiger partial charge in [-0.2, -0.15) is 0 Å². The topological polar surface area (TPSA) is 76.3 Å². The summed E-state index contributed by atoms with van der Waals surface area (Å²) in [5.41, 5.74) is 6.58. The Kier molecular flexibility index (Phi) is 4.28. The van der Waals surface area contributed by atoms with Gasteiger partial charge in [0.25, 0.3) is 5.91 Å². The van der Waals surface area contributed by atoms with E-state index < -0.39 is 0 Å². The van der Waals surface area contributed by atoms with Crippen LogP contribution in [0.1, 0.15) is 42.2 Å². The monoisotopic (exact) mass is 295 g/mol. The molecule has 1 aliphatic rings. The van der Waals surface area contributed by atoms with Crippen molar-refractivity contribution in [1.29, 1.82) is 0 Å². The first-order chi connectivity index (χ1) is 9.38. The molecule has 1 fully saturated rings. The molecule has 2 N–H and O–H groups in total. The van der Waals surface area contributed by atoms with E-state index in [1.54, 1.807) is 17.0 Å². The molecule has 0 radical (unpaired) electrons. The fourth-order valence-corrected chi connectivity index (χ4v) is 2.51. The standard InChI is InChI=1S/C14H18ClN3O2/c1-8(2)11-5-10(6-12(15)17-11)14(20)18-4-3-9(7-18)13(16)19/h5-6,8-9H,3-4,7H2,1-2H3,(H2,16,19). The zero-order valence-electron chi connectivity index (χ0n) is 11.6. The number of carbonyl (C=O) groups is 2. The first-order valence-corrected chi connectivity index (χ1v) is 7.02. The molecule has 6 heteroatoms. The SMILES string of the molecule is CC(C)c1cc(C(=O)N2CCC(C(N)=O)C2)cc(Cl)n1. The summed E-state index contributed by atoms with van der Waals surface area (Å²) >= 11 is 5.97. The summed E-state index contributed by atoms with van der Waals surface area (Å²) in [4.78, 5) is 29.4. The zero-order chi connectivity index (χ0) is 14.9. The van der Waals surface area contributed by atoms with Crippen LogP contribution in [0.15, 0.2) is 12.1 Å². The van der Waals surface area contributed by atoms with Gasteiger partial charge in [-0.3, -0.25) is 9.59 Å². The number of nitrogens with two attached hydrogens (primary N) is 1. The molecule has 2 heterocycles. The minimum Gasteiger partial charge on any atom is -0.369 e. The molecular formula is C14H18ClN3O2. The van der Waals surface area contributed by atoms with E-state index in [0.29, 0.717) is 30.2 Å². The first-order valence-electron chi connectivity index (χ1n) is 6.64. The molecule has 5 nitrogen and oxygen atoms in total. The Morgan fingerprint density at radius 3 is 2.70 bits per heavy atom. The van der Waals surface area contributed by atoms with Crippen molar-refractivity contribution in [2.75, 3.05) is 13.1 Å². The Morgan fingerprint density at radius 2 is 2.15 bits per heavy atom. The minimum atomic E-state index is -0.351. The van der Waals surface area contributed by atoms with Crippen molar-refractivity contribution in [2.45, 2.75) is 26.2 Å². The van der Waals surface area contributed by atoms with Crippen molar-refractivity contribution in [3.05, 3.63) is 28.5 Å². The van der Waals surface area contributed by atoms with Gasteiger partial charge < -0.3 is 10.6 Å². The van der Waals surface area contributed by atoms with E-state index in [4.69, 9.17) is 17.3 Å². The van der Waals surface area contributed by atoms with Crippen LogP contribution in [0.3, 0.4) is 0 Å². The molecule has 1 saturated heterocycles. The molecule has 1 aromatic heterocycles. The Balaban J connectivity index is 2.20. The molecule has 0 saturated carbocycles. The third-order valence-corrected chi connectivity index (χ3v) is 3.72. The highest BCUT2D eigenvalue weighted by Gasteiger charge is 2.30. The maximum Gasteiger partial charge on any atom is 0.254 e. The molecule has 0 bridgehead atoms. The van der Waals surface area contributed by atoms with Gasteiger partial charge in [-0.05, 0) is 24.5 Å². The van der Waals surface area contributed by atoms with Crippen LogP contribution < -0.4 is 5.73 Å². The van der Waals surface area contributed by atoms with Gasteiger partial charge in [-0.15, -0.1) is 0 Å². The van der Waals surface area contributed by atoms with Gasteiger partial charge >= 0.3 is 0 Å². The summed E-state index contributed by atoms with van der Waals surface area (Å²) in [6.07, 6.45) is 0.622. The summed E-state index contributed by atoms with van der Waals surface area (Å²) in [6, 6.07) is 3.32. The second kappa shape index (κ2) is 5.79. The summed E-state index contributed by atoms with van der Waals surface area (Å²) in [5.74, 6) is -0.533. The number of pyridine rings is 1. The van der Waals surface area contributed by atoms with Gasteiger partial charge in [-0.1, -0.05) is 25.4 Å². The van der Waals surface area contributed by atoms with Crippen LogP contribution >= 0.6 is 11.6 Å². The fraction of sp³-hybridized carbons (Fsp3) is 0.500. The normalized spacial score (nSPS) is 18.6. The van der Waals surface area contributed by atoms with Crippen LogP contribution in [0, 0.1) is 5.92 Å². The summed E-state index contributed by atoms with van der Waals surface area (Å²) in [5, 5.41) is 0.310. The van der Waals surface area contributed by atoms with E-state index in [1.165, 1.54) is 0 Å². The maximum absolute atomic E-state index is 12.4. The molecule has 2 amide bonds. The van der Waals surface area contributed by atoms with Crippen LogP contribution in [0.4, 0.5) is 0 Å². The van der Waals surface area contributed by atoms with Crippen LogP contribution in [0.2, 0.25) is 5.15 Å². The van der Waals surface area contributed by atoms with Crippen LogP contribution in [-0.2, 0) is 4.79 Å². The molecule has 108 valence electrons. The number of rotatable bonds is 3. The summed E-state index contributed by atoms with van der Waals surface area (Å²) in [7, 11) is 0. The molecule has 2 rings (SSSR count). The second-order valence-corrected chi connectivity index (χ2v) is 5.78. The van der Waals surface area contributed by atoms with Gasteiger partial charge in [0.15, 0.2) is 0 Å². The fourth-order valence-electron chi connectivity index (χ4n) is 2.30. The van der Waals surface area contributed by atoms with E-state index >= 15 is 0 Å². The van der Waals surface area contributed by atoms with Crippen molar-refractivity contribution in [1.82, 2.24) is 9.88 Å². The molecule has 0 aliphatic carbocycles. The molecule has 1 atom stereocenters. The summed E-state index contributed by atoms with van der Waals surface area (Å²) in [6.45, 7) is 4.91. The van der Waals surface area contributed by atoms with Gasteiger partial charge in [0.1, 0.15) is 5.15 Å². The predicted octanol–water partition coefficient (Wildman–Crippen LogP) is 1.81. The summed E-state index contributed by atoms with van der Waals surface area (Å²) < 4.78 is 0. The average molecular weight is 296 g/mol. The van der Waals surface area contributed by atoms with Crippen LogP contribution in [0.25, 0.3) is 0 Å². The van der Waals surface area contributed by atoms with Crippen molar-refractivity contribution < 1.29 is 9.59 Å². The maximum atomic E-state index is 12.4. The van der Waals surface area contributed by atoms with E-state index in [1.807, 2.05) is 13.8 Å². The lowest BCUT2D eigenvalue weighted by atomic mass is 10.1. The second-order valence-electron chi connectivity index (χ2n) is 5.40. The molecule has 0 aromatic carbocycles. The van der Waals surface area contributed by atoms with Gasteiger partial charge in [0, 0.05) is 24.3 Å². The number of nitrogens with zero attached hydrogens (tertiary/aromatic N) is 2. The lowest BCUT2D eigenvalue weighted by Crippen LogP contribution is -2.31. The number of aromatic nitrogens is 1. The Labute approximate surface area is 123 Å². The van der Waals surface area contributed by atoms with Crippen molar-refractivity contribution >= 4 is 23.4 Å². The highest BCUT2D eigenvalue weighted by molar-refractivity contribution is 6.29. The van der Waals surface area contributed by atoms with Gasteiger partial charge in [0.05, 0.1) is 5.92 Å². The van der Waals surface area contributed by atoms with E-state index in [2.05, 4.69) is 4.98 Å². The lowest BCUT2D eigenvalue weighted by Gasteiger charge is -2.17. The largest absolute Gasteiger partial charge is 0.369 e. The number of hydrogen-bond acceptors (Lipinski definition) is 3. The smallest absolute Gasteiger partial charge is 0.254 e. The van der Waals surface area contributed by atoms with Crippen LogP contribution in [0.5, 0.6) is 0 Å². The van der Waals surface area contributed by atoms with Crippen molar-refractivity contribution in [3.63, 3.8) is 0 Å². The first kappa shape index (κ1) is 14.8. The number of hydrogen-bond donors (Lipinski definition) is 1. The highest BCUT2D eigenvalue weighted by atomic mass is 35.5. The molecule has 20 heavy (non-hydrogen) atoms.